The minimum atomic E-state index is -0.222. The molecule has 2 aliphatic heterocycles. The number of hydrogen-bond donors (Lipinski definition) is 0. The third kappa shape index (κ3) is 5.10. The number of ether oxygens (including phenoxy) is 1. The lowest BCUT2D eigenvalue weighted by Gasteiger charge is -2.37. The van der Waals surface area contributed by atoms with E-state index in [2.05, 4.69) is 24.3 Å². The Morgan fingerprint density at radius 2 is 1.43 bits per heavy atom. The monoisotopic (exact) mass is 405 g/mol. The standard InChI is InChI=1S/C26H31NO3/c28-25(14-8-7-11-20-9-3-1-4-10-20)22-17-23-15-16-24(18-22)27(23)26(29)30-19-21-12-5-2-6-13-21/h1-6,9-10,12-13,22-24H,7-8,11,14-19H2. The van der Waals surface area contributed by atoms with Crippen LogP contribution in [-0.4, -0.2) is 28.9 Å². The van der Waals surface area contributed by atoms with Crippen molar-refractivity contribution in [2.45, 2.75) is 70.1 Å². The molecular formula is C26H31NO3. The molecule has 4 rings (SSSR count). The van der Waals surface area contributed by atoms with Crippen LogP contribution in [0.3, 0.4) is 0 Å². The van der Waals surface area contributed by atoms with Gasteiger partial charge in [-0.25, -0.2) is 4.79 Å². The predicted molar refractivity (Wildman–Crippen MR) is 117 cm³/mol. The molecule has 2 atom stereocenters. The molecule has 158 valence electrons. The van der Waals surface area contributed by atoms with Gasteiger partial charge < -0.3 is 9.64 Å². The van der Waals surface area contributed by atoms with Gasteiger partial charge in [0.2, 0.25) is 0 Å². The molecule has 2 bridgehead atoms. The van der Waals surface area contributed by atoms with E-state index in [9.17, 15) is 9.59 Å². The molecule has 0 saturated carbocycles. The number of carbonyl (C=O) groups is 2. The van der Waals surface area contributed by atoms with Crippen LogP contribution in [0, 0.1) is 5.92 Å². The number of unbranched alkanes of at least 4 members (excludes halogenated alkanes) is 1. The zero-order valence-corrected chi connectivity index (χ0v) is 17.5. The molecule has 2 aromatic carbocycles. The lowest BCUT2D eigenvalue weighted by Crippen LogP contribution is -2.48. The van der Waals surface area contributed by atoms with Gasteiger partial charge >= 0.3 is 6.09 Å². The third-order valence-corrected chi connectivity index (χ3v) is 6.59. The molecule has 2 saturated heterocycles. The first-order valence-corrected chi connectivity index (χ1v) is 11.3. The number of piperidine rings is 1. The number of rotatable bonds is 8. The molecule has 2 fully saturated rings. The summed E-state index contributed by atoms with van der Waals surface area (Å²) in [5.41, 5.74) is 2.34. The second-order valence-electron chi connectivity index (χ2n) is 8.66. The Kier molecular flexibility index (Phi) is 6.83. The molecule has 0 aromatic heterocycles. The second kappa shape index (κ2) is 9.92. The van der Waals surface area contributed by atoms with Gasteiger partial charge in [0.1, 0.15) is 12.4 Å². The van der Waals surface area contributed by atoms with Crippen molar-refractivity contribution in [1.29, 1.82) is 0 Å². The predicted octanol–water partition coefficient (Wildman–Crippen LogP) is 5.55. The van der Waals surface area contributed by atoms with E-state index in [-0.39, 0.29) is 24.1 Å². The maximum Gasteiger partial charge on any atom is 0.410 e. The van der Waals surface area contributed by atoms with Crippen molar-refractivity contribution in [2.24, 2.45) is 5.92 Å². The number of amides is 1. The summed E-state index contributed by atoms with van der Waals surface area (Å²) < 4.78 is 5.57. The van der Waals surface area contributed by atoms with Crippen LogP contribution in [-0.2, 0) is 22.6 Å². The molecule has 0 radical (unpaired) electrons. The SMILES string of the molecule is O=C(CCCCc1ccccc1)C1CC2CCC(C1)N2C(=O)OCc1ccccc1. The zero-order valence-electron chi connectivity index (χ0n) is 17.5. The Morgan fingerprint density at radius 3 is 2.07 bits per heavy atom. The van der Waals surface area contributed by atoms with E-state index in [0.29, 0.717) is 18.8 Å². The van der Waals surface area contributed by atoms with E-state index in [1.807, 2.05) is 41.3 Å². The van der Waals surface area contributed by atoms with Gasteiger partial charge in [-0.3, -0.25) is 4.79 Å². The van der Waals surface area contributed by atoms with Crippen LogP contribution >= 0.6 is 0 Å². The van der Waals surface area contributed by atoms with E-state index >= 15 is 0 Å². The highest BCUT2D eigenvalue weighted by atomic mass is 16.6. The fourth-order valence-corrected chi connectivity index (χ4v) is 5.01. The molecule has 1 amide bonds. The summed E-state index contributed by atoms with van der Waals surface area (Å²) in [5.74, 6) is 0.495. The molecule has 4 heteroatoms. The largest absolute Gasteiger partial charge is 0.445 e. The fraction of sp³-hybridized carbons (Fsp3) is 0.462. The third-order valence-electron chi connectivity index (χ3n) is 6.59. The minimum absolute atomic E-state index is 0.109. The van der Waals surface area contributed by atoms with Crippen LogP contribution in [0.2, 0.25) is 0 Å². The van der Waals surface area contributed by atoms with Gasteiger partial charge in [-0.15, -0.1) is 0 Å². The molecule has 2 unspecified atom stereocenters. The summed E-state index contributed by atoms with van der Waals surface area (Å²) in [4.78, 5) is 27.4. The molecule has 2 aliphatic rings. The van der Waals surface area contributed by atoms with Crippen molar-refractivity contribution < 1.29 is 14.3 Å². The summed E-state index contributed by atoms with van der Waals surface area (Å²) in [7, 11) is 0. The van der Waals surface area contributed by atoms with Gasteiger partial charge in [0, 0.05) is 24.4 Å². The van der Waals surface area contributed by atoms with E-state index in [1.165, 1.54) is 5.56 Å². The lowest BCUT2D eigenvalue weighted by atomic mass is 9.85. The topological polar surface area (TPSA) is 46.6 Å². The Labute approximate surface area is 179 Å². The number of benzene rings is 2. The maximum atomic E-state index is 12.8. The van der Waals surface area contributed by atoms with Crippen molar-refractivity contribution >= 4 is 11.9 Å². The molecule has 30 heavy (non-hydrogen) atoms. The van der Waals surface area contributed by atoms with E-state index < -0.39 is 0 Å². The Morgan fingerprint density at radius 1 is 0.833 bits per heavy atom. The van der Waals surface area contributed by atoms with Crippen molar-refractivity contribution in [1.82, 2.24) is 4.90 Å². The number of carbonyl (C=O) groups excluding carboxylic acids is 2. The smallest absolute Gasteiger partial charge is 0.410 e. The molecule has 2 aromatic rings. The normalized spacial score (nSPS) is 22.7. The van der Waals surface area contributed by atoms with Gasteiger partial charge in [0.15, 0.2) is 0 Å². The maximum absolute atomic E-state index is 12.8. The number of Topliss-reactive ketones (excluding diaryl/α,β-unsaturated/α-hetero) is 1. The Hall–Kier alpha value is -2.62. The summed E-state index contributed by atoms with van der Waals surface area (Å²) in [5, 5.41) is 0. The highest BCUT2D eigenvalue weighted by Gasteiger charge is 2.45. The first kappa shape index (κ1) is 20.6. The first-order chi connectivity index (χ1) is 14.7. The van der Waals surface area contributed by atoms with Crippen LogP contribution < -0.4 is 0 Å². The minimum Gasteiger partial charge on any atom is -0.445 e. The number of ketones is 1. The van der Waals surface area contributed by atoms with Crippen molar-refractivity contribution in [3.63, 3.8) is 0 Å². The highest BCUT2D eigenvalue weighted by molar-refractivity contribution is 5.81. The van der Waals surface area contributed by atoms with Crippen LogP contribution in [0.25, 0.3) is 0 Å². The van der Waals surface area contributed by atoms with Crippen LogP contribution in [0.15, 0.2) is 60.7 Å². The van der Waals surface area contributed by atoms with Gasteiger partial charge in [-0.2, -0.15) is 0 Å². The van der Waals surface area contributed by atoms with Crippen molar-refractivity contribution in [3.8, 4) is 0 Å². The van der Waals surface area contributed by atoms with Gasteiger partial charge in [-0.1, -0.05) is 60.7 Å². The number of aryl methyl sites for hydroxylation is 1. The summed E-state index contributed by atoms with van der Waals surface area (Å²) >= 11 is 0. The van der Waals surface area contributed by atoms with Crippen LogP contribution in [0.4, 0.5) is 4.79 Å². The van der Waals surface area contributed by atoms with Crippen LogP contribution in [0.5, 0.6) is 0 Å². The second-order valence-corrected chi connectivity index (χ2v) is 8.66. The first-order valence-electron chi connectivity index (χ1n) is 11.3. The Balaban J connectivity index is 1.22. The quantitative estimate of drug-likeness (QED) is 0.541. The van der Waals surface area contributed by atoms with Gasteiger partial charge in [0.05, 0.1) is 0 Å². The highest BCUT2D eigenvalue weighted by Crippen LogP contribution is 2.40. The zero-order chi connectivity index (χ0) is 20.8. The average Bonchev–Trinajstić information content (AvgIpc) is 3.05. The van der Waals surface area contributed by atoms with E-state index in [4.69, 9.17) is 4.74 Å². The number of hydrogen-bond acceptors (Lipinski definition) is 3. The van der Waals surface area contributed by atoms with Crippen molar-refractivity contribution in [3.05, 3.63) is 71.8 Å². The number of nitrogens with zero attached hydrogens (tertiary/aromatic N) is 1. The van der Waals surface area contributed by atoms with E-state index in [0.717, 1.165) is 50.5 Å². The molecule has 0 N–H and O–H groups in total. The molecule has 4 nitrogen and oxygen atoms in total. The van der Waals surface area contributed by atoms with Gasteiger partial charge in [-0.05, 0) is 56.1 Å². The van der Waals surface area contributed by atoms with Gasteiger partial charge in [0.25, 0.3) is 0 Å². The van der Waals surface area contributed by atoms with Crippen molar-refractivity contribution in [2.75, 3.05) is 0 Å². The summed E-state index contributed by atoms with van der Waals surface area (Å²) in [6.45, 7) is 0.305. The molecule has 0 aliphatic carbocycles. The molecular weight excluding hydrogens is 374 g/mol. The number of fused-ring (bicyclic) bond motifs is 2. The van der Waals surface area contributed by atoms with Crippen LogP contribution in [0.1, 0.15) is 56.1 Å². The Bertz CT molecular complexity index is 822. The summed E-state index contributed by atoms with van der Waals surface area (Å²) in [6, 6.07) is 20.5. The molecule has 0 spiro atoms. The average molecular weight is 406 g/mol. The van der Waals surface area contributed by atoms with E-state index in [1.54, 1.807) is 0 Å². The summed E-state index contributed by atoms with van der Waals surface area (Å²) in [6.07, 6.45) is 7.05. The molecule has 2 heterocycles. The lowest BCUT2D eigenvalue weighted by molar-refractivity contribution is -0.125. The fourth-order valence-electron chi connectivity index (χ4n) is 5.01.